The summed E-state index contributed by atoms with van der Waals surface area (Å²) in [7, 11) is 0. The first-order chi connectivity index (χ1) is 9.15. The average Bonchev–Trinajstić information content (AvgIpc) is 2.84. The van der Waals surface area contributed by atoms with Gasteiger partial charge in [-0.25, -0.2) is 4.98 Å². The van der Waals surface area contributed by atoms with Crippen molar-refractivity contribution in [1.82, 2.24) is 4.98 Å². The van der Waals surface area contributed by atoms with Crippen LogP contribution < -0.4 is 10.6 Å². The lowest BCUT2D eigenvalue weighted by atomic mass is 9.99. The van der Waals surface area contributed by atoms with Gasteiger partial charge in [-0.05, 0) is 49.7 Å². The predicted octanol–water partition coefficient (Wildman–Crippen LogP) is 2.44. The third kappa shape index (κ3) is 2.46. The fourth-order valence-electron chi connectivity index (χ4n) is 3.27. The Balaban J connectivity index is 2.01. The normalized spacial score (nSPS) is 22.4. The zero-order chi connectivity index (χ0) is 13.4. The second-order valence-corrected chi connectivity index (χ2v) is 6.32. The number of nitrogens with two attached hydrogens (primary N) is 1. The van der Waals surface area contributed by atoms with Crippen LogP contribution in [0.15, 0.2) is 6.07 Å². The fraction of sp³-hybridized carbons (Fsp3) is 0.600. The molecule has 1 unspecified atom stereocenters. The molecule has 102 valence electrons. The van der Waals surface area contributed by atoms with E-state index in [4.69, 9.17) is 22.9 Å². The Morgan fingerprint density at radius 3 is 3.00 bits per heavy atom. The molecule has 2 N–H and O–H groups in total. The molecule has 1 aromatic heterocycles. The Bertz CT molecular complexity index is 512. The lowest BCUT2D eigenvalue weighted by Crippen LogP contribution is -2.36. The third-order valence-corrected chi connectivity index (χ3v) is 4.47. The summed E-state index contributed by atoms with van der Waals surface area (Å²) in [5, 5.41) is 0. The van der Waals surface area contributed by atoms with Crippen LogP contribution in [0.2, 0.25) is 0 Å². The van der Waals surface area contributed by atoms with Gasteiger partial charge in [-0.2, -0.15) is 0 Å². The minimum Gasteiger partial charge on any atom is -0.389 e. The minimum atomic E-state index is 0.482. The average molecular weight is 275 g/mol. The van der Waals surface area contributed by atoms with Gasteiger partial charge in [-0.1, -0.05) is 19.1 Å². The topological polar surface area (TPSA) is 42.2 Å². The molecule has 1 saturated heterocycles. The molecule has 4 heteroatoms. The van der Waals surface area contributed by atoms with Crippen LogP contribution in [0.3, 0.4) is 0 Å². The highest BCUT2D eigenvalue weighted by Crippen LogP contribution is 2.30. The van der Waals surface area contributed by atoms with Crippen LogP contribution in [0.5, 0.6) is 0 Å². The van der Waals surface area contributed by atoms with Crippen LogP contribution in [0.25, 0.3) is 0 Å². The summed E-state index contributed by atoms with van der Waals surface area (Å²) < 4.78 is 0. The highest BCUT2D eigenvalue weighted by Gasteiger charge is 2.24. The number of hydrogen-bond acceptors (Lipinski definition) is 3. The van der Waals surface area contributed by atoms with Crippen LogP contribution >= 0.6 is 12.2 Å². The van der Waals surface area contributed by atoms with Crippen molar-refractivity contribution in [2.75, 3.05) is 18.0 Å². The van der Waals surface area contributed by atoms with Crippen molar-refractivity contribution in [3.63, 3.8) is 0 Å². The van der Waals surface area contributed by atoms with Gasteiger partial charge in [-0.3, -0.25) is 0 Å². The molecule has 19 heavy (non-hydrogen) atoms. The molecule has 0 radical (unpaired) electrons. The van der Waals surface area contributed by atoms with Gasteiger partial charge in [0.2, 0.25) is 0 Å². The van der Waals surface area contributed by atoms with Crippen LogP contribution in [0.1, 0.15) is 43.0 Å². The molecular weight excluding hydrogens is 254 g/mol. The smallest absolute Gasteiger partial charge is 0.139 e. The first kappa shape index (κ1) is 12.9. The lowest BCUT2D eigenvalue weighted by molar-refractivity contribution is 0.444. The van der Waals surface area contributed by atoms with Gasteiger partial charge in [0.25, 0.3) is 0 Å². The molecule has 2 heterocycles. The first-order valence-electron chi connectivity index (χ1n) is 7.22. The largest absolute Gasteiger partial charge is 0.389 e. The van der Waals surface area contributed by atoms with Gasteiger partial charge in [-0.15, -0.1) is 0 Å². The number of anilines is 1. The SMILES string of the molecule is CC1CCCN(c2nc3c(cc2C(N)=S)CCC3)C1. The number of piperidine rings is 1. The lowest BCUT2D eigenvalue weighted by Gasteiger charge is -2.33. The van der Waals surface area contributed by atoms with Gasteiger partial charge in [0.1, 0.15) is 10.8 Å². The Hall–Kier alpha value is -1.16. The zero-order valence-corrected chi connectivity index (χ0v) is 12.3. The number of nitrogens with zero attached hydrogens (tertiary/aromatic N) is 2. The molecule has 0 aromatic carbocycles. The van der Waals surface area contributed by atoms with E-state index in [2.05, 4.69) is 17.9 Å². The van der Waals surface area contributed by atoms with E-state index < -0.39 is 0 Å². The minimum absolute atomic E-state index is 0.482. The predicted molar refractivity (Wildman–Crippen MR) is 82.8 cm³/mol. The van der Waals surface area contributed by atoms with E-state index in [1.165, 1.54) is 30.5 Å². The molecule has 3 rings (SSSR count). The summed E-state index contributed by atoms with van der Waals surface area (Å²) in [6.07, 6.45) is 5.97. The van der Waals surface area contributed by atoms with E-state index in [1.54, 1.807) is 0 Å². The quantitative estimate of drug-likeness (QED) is 0.842. The number of aryl methyl sites for hydroxylation is 2. The molecule has 0 amide bonds. The summed E-state index contributed by atoms with van der Waals surface area (Å²) in [6.45, 7) is 4.45. The summed E-state index contributed by atoms with van der Waals surface area (Å²) in [5.74, 6) is 1.75. The van der Waals surface area contributed by atoms with E-state index in [9.17, 15) is 0 Å². The Labute approximate surface area is 120 Å². The number of hydrogen-bond donors (Lipinski definition) is 1. The van der Waals surface area contributed by atoms with Gasteiger partial charge in [0, 0.05) is 18.8 Å². The second-order valence-electron chi connectivity index (χ2n) is 5.88. The number of fused-ring (bicyclic) bond motifs is 1. The summed E-state index contributed by atoms with van der Waals surface area (Å²) >= 11 is 5.23. The maximum absolute atomic E-state index is 5.91. The van der Waals surface area contributed by atoms with Crippen molar-refractivity contribution in [1.29, 1.82) is 0 Å². The number of rotatable bonds is 2. The molecule has 1 fully saturated rings. The van der Waals surface area contributed by atoms with Gasteiger partial charge in [0.05, 0.1) is 5.56 Å². The molecule has 1 atom stereocenters. The van der Waals surface area contributed by atoms with E-state index >= 15 is 0 Å². The van der Waals surface area contributed by atoms with Crippen LogP contribution in [-0.2, 0) is 12.8 Å². The van der Waals surface area contributed by atoms with Crippen molar-refractivity contribution < 1.29 is 0 Å². The fourth-order valence-corrected chi connectivity index (χ4v) is 3.42. The number of pyridine rings is 1. The standard InChI is InChI=1S/C15H21N3S/c1-10-4-3-7-18(9-10)15-12(14(16)19)8-11-5-2-6-13(11)17-15/h8,10H,2-7,9H2,1H3,(H2,16,19). The van der Waals surface area contributed by atoms with Crippen molar-refractivity contribution in [3.05, 3.63) is 22.9 Å². The summed E-state index contributed by atoms with van der Waals surface area (Å²) in [5.41, 5.74) is 9.49. The second kappa shape index (κ2) is 5.08. The Morgan fingerprint density at radius 2 is 2.26 bits per heavy atom. The molecule has 0 bridgehead atoms. The van der Waals surface area contributed by atoms with E-state index in [1.807, 2.05) is 0 Å². The maximum Gasteiger partial charge on any atom is 0.139 e. The van der Waals surface area contributed by atoms with Crippen molar-refractivity contribution >= 4 is 23.0 Å². The maximum atomic E-state index is 5.91. The van der Waals surface area contributed by atoms with Crippen LogP contribution in [0, 0.1) is 5.92 Å². The highest BCUT2D eigenvalue weighted by atomic mass is 32.1. The number of thiocarbonyl (C=S) groups is 1. The molecule has 1 aliphatic carbocycles. The third-order valence-electron chi connectivity index (χ3n) is 4.25. The van der Waals surface area contributed by atoms with Crippen molar-refractivity contribution in [2.45, 2.75) is 39.0 Å². The van der Waals surface area contributed by atoms with Gasteiger partial charge >= 0.3 is 0 Å². The Morgan fingerprint density at radius 1 is 1.42 bits per heavy atom. The van der Waals surface area contributed by atoms with Crippen LogP contribution in [0.4, 0.5) is 5.82 Å². The molecule has 0 spiro atoms. The summed E-state index contributed by atoms with van der Waals surface area (Å²) in [4.78, 5) is 7.75. The molecule has 1 aromatic rings. The highest BCUT2D eigenvalue weighted by molar-refractivity contribution is 7.80. The van der Waals surface area contributed by atoms with Gasteiger partial charge < -0.3 is 10.6 Å². The Kier molecular flexibility index (Phi) is 3.44. The summed E-state index contributed by atoms with van der Waals surface area (Å²) in [6, 6.07) is 2.19. The van der Waals surface area contributed by atoms with Crippen molar-refractivity contribution in [3.8, 4) is 0 Å². The monoisotopic (exact) mass is 275 g/mol. The molecule has 0 saturated carbocycles. The number of aromatic nitrogens is 1. The molecule has 2 aliphatic rings. The molecule has 3 nitrogen and oxygen atoms in total. The van der Waals surface area contributed by atoms with Crippen molar-refractivity contribution in [2.24, 2.45) is 11.7 Å². The molecule has 1 aliphatic heterocycles. The molecular formula is C15H21N3S. The van der Waals surface area contributed by atoms with E-state index in [0.717, 1.165) is 43.2 Å². The zero-order valence-electron chi connectivity index (χ0n) is 11.5. The van der Waals surface area contributed by atoms with Gasteiger partial charge in [0.15, 0.2) is 0 Å². The first-order valence-corrected chi connectivity index (χ1v) is 7.63. The van der Waals surface area contributed by atoms with E-state index in [0.29, 0.717) is 4.99 Å². The van der Waals surface area contributed by atoms with Crippen LogP contribution in [-0.4, -0.2) is 23.1 Å². The van der Waals surface area contributed by atoms with E-state index in [-0.39, 0.29) is 0 Å².